The third-order valence-electron chi connectivity index (χ3n) is 4.94. The van der Waals surface area contributed by atoms with Crippen molar-refractivity contribution < 1.29 is 19.4 Å². The van der Waals surface area contributed by atoms with E-state index in [4.69, 9.17) is 4.74 Å². The Balaban J connectivity index is 1.91. The molecule has 0 spiro atoms. The zero-order chi connectivity index (χ0) is 19.9. The molecule has 3 rings (SSSR count). The Bertz CT molecular complexity index is 764. The highest BCUT2D eigenvalue weighted by atomic mass is 16.6. The summed E-state index contributed by atoms with van der Waals surface area (Å²) in [5.41, 5.74) is 1.54. The lowest BCUT2D eigenvalue weighted by Crippen LogP contribution is -2.40. The second-order valence-electron chi connectivity index (χ2n) is 8.28. The summed E-state index contributed by atoms with van der Waals surface area (Å²) < 4.78 is 7.16. The minimum Gasteiger partial charge on any atom is -0.444 e. The minimum atomic E-state index is -0.717. The molecule has 2 atom stereocenters. The van der Waals surface area contributed by atoms with Crippen LogP contribution < -0.4 is 0 Å². The van der Waals surface area contributed by atoms with Crippen molar-refractivity contribution in [1.29, 1.82) is 0 Å². The normalized spacial score (nSPS) is 21.2. The van der Waals surface area contributed by atoms with Crippen LogP contribution >= 0.6 is 0 Å². The fourth-order valence-corrected chi connectivity index (χ4v) is 3.58. The predicted molar refractivity (Wildman–Crippen MR) is 99.2 cm³/mol. The van der Waals surface area contributed by atoms with Crippen molar-refractivity contribution in [3.05, 3.63) is 29.6 Å². The maximum Gasteiger partial charge on any atom is 0.410 e. The van der Waals surface area contributed by atoms with Crippen LogP contribution in [0.1, 0.15) is 42.5 Å². The smallest absolute Gasteiger partial charge is 0.410 e. The lowest BCUT2D eigenvalue weighted by Gasteiger charge is -2.30. The molecule has 2 aliphatic rings. The third kappa shape index (κ3) is 3.85. The molecule has 0 saturated carbocycles. The van der Waals surface area contributed by atoms with Crippen molar-refractivity contribution in [2.45, 2.75) is 52.0 Å². The van der Waals surface area contributed by atoms with Gasteiger partial charge in [0.2, 0.25) is 0 Å². The highest BCUT2D eigenvalue weighted by Gasteiger charge is 2.36. The van der Waals surface area contributed by atoms with Crippen molar-refractivity contribution in [1.82, 2.24) is 19.6 Å². The number of aromatic nitrogens is 2. The van der Waals surface area contributed by atoms with Gasteiger partial charge in [-0.1, -0.05) is 6.08 Å². The molecule has 0 fully saturated rings. The largest absolute Gasteiger partial charge is 0.444 e. The van der Waals surface area contributed by atoms with Gasteiger partial charge in [-0.05, 0) is 20.8 Å². The first-order valence-electron chi connectivity index (χ1n) is 9.23. The van der Waals surface area contributed by atoms with Gasteiger partial charge in [-0.3, -0.25) is 9.48 Å². The number of rotatable bonds is 2. The van der Waals surface area contributed by atoms with Gasteiger partial charge in [-0.15, -0.1) is 6.58 Å². The molecule has 148 valence electrons. The van der Waals surface area contributed by atoms with Gasteiger partial charge in [-0.2, -0.15) is 5.10 Å². The summed E-state index contributed by atoms with van der Waals surface area (Å²) in [5, 5.41) is 14.8. The molecule has 1 aromatic rings. The Hall–Kier alpha value is -2.35. The fourth-order valence-electron chi connectivity index (χ4n) is 3.58. The topological polar surface area (TPSA) is 87.9 Å². The van der Waals surface area contributed by atoms with Gasteiger partial charge in [0.1, 0.15) is 11.3 Å². The van der Waals surface area contributed by atoms with Gasteiger partial charge >= 0.3 is 6.09 Å². The van der Waals surface area contributed by atoms with E-state index in [-0.39, 0.29) is 17.9 Å². The van der Waals surface area contributed by atoms with E-state index in [2.05, 4.69) is 11.7 Å². The molecule has 0 saturated heterocycles. The number of ether oxygens (including phenoxy) is 1. The van der Waals surface area contributed by atoms with Crippen molar-refractivity contribution in [3.8, 4) is 0 Å². The molecule has 0 radical (unpaired) electrons. The Kier molecular flexibility index (Phi) is 5.03. The molecule has 3 heterocycles. The Labute approximate surface area is 159 Å². The minimum absolute atomic E-state index is 0.145. The summed E-state index contributed by atoms with van der Waals surface area (Å²) in [6.45, 7) is 10.8. The molecule has 0 aromatic carbocycles. The summed E-state index contributed by atoms with van der Waals surface area (Å²) in [7, 11) is 1.72. The number of fused-ring (bicyclic) bond motifs is 3. The summed E-state index contributed by atoms with van der Waals surface area (Å²) in [4.78, 5) is 28.6. The van der Waals surface area contributed by atoms with E-state index in [1.165, 1.54) is 6.08 Å². The van der Waals surface area contributed by atoms with Crippen LogP contribution in [-0.4, -0.2) is 68.5 Å². The lowest BCUT2D eigenvalue weighted by molar-refractivity contribution is 0.0222. The molecule has 8 nitrogen and oxygen atoms in total. The number of amides is 2. The summed E-state index contributed by atoms with van der Waals surface area (Å²) >= 11 is 0. The second-order valence-corrected chi connectivity index (χ2v) is 8.28. The molecule has 0 bridgehead atoms. The highest BCUT2D eigenvalue weighted by Crippen LogP contribution is 2.28. The van der Waals surface area contributed by atoms with E-state index >= 15 is 0 Å². The highest BCUT2D eigenvalue weighted by molar-refractivity contribution is 5.94. The van der Waals surface area contributed by atoms with Crippen molar-refractivity contribution in [2.24, 2.45) is 5.92 Å². The van der Waals surface area contributed by atoms with E-state index < -0.39 is 11.7 Å². The molecule has 8 heteroatoms. The second kappa shape index (κ2) is 6.99. The first kappa shape index (κ1) is 19.4. The van der Waals surface area contributed by atoms with E-state index in [0.717, 1.165) is 11.3 Å². The Morgan fingerprint density at radius 2 is 2.11 bits per heavy atom. The summed E-state index contributed by atoms with van der Waals surface area (Å²) in [6.07, 6.45) is 0.954. The maximum absolute atomic E-state index is 13.0. The molecule has 0 unspecified atom stereocenters. The molecule has 1 N–H and O–H groups in total. The van der Waals surface area contributed by atoms with Crippen molar-refractivity contribution >= 4 is 12.0 Å². The van der Waals surface area contributed by atoms with E-state index in [1.54, 1.807) is 21.5 Å². The van der Waals surface area contributed by atoms with Crippen LogP contribution in [0.4, 0.5) is 4.79 Å². The lowest BCUT2D eigenvalue weighted by atomic mass is 10.0. The number of aliphatic hydroxyl groups excluding tert-OH is 1. The zero-order valence-corrected chi connectivity index (χ0v) is 16.4. The first-order valence-corrected chi connectivity index (χ1v) is 9.23. The molecule has 2 aliphatic heterocycles. The van der Waals surface area contributed by atoms with Gasteiger partial charge in [0.25, 0.3) is 5.91 Å². The van der Waals surface area contributed by atoms with Crippen molar-refractivity contribution in [3.63, 3.8) is 0 Å². The average Bonchev–Trinajstić information content (AvgIpc) is 2.89. The van der Waals surface area contributed by atoms with E-state index in [9.17, 15) is 14.7 Å². The van der Waals surface area contributed by atoms with E-state index in [1.807, 2.05) is 20.8 Å². The molecule has 27 heavy (non-hydrogen) atoms. The Morgan fingerprint density at radius 3 is 2.74 bits per heavy atom. The van der Waals surface area contributed by atoms with Crippen LogP contribution in [0, 0.1) is 5.92 Å². The van der Waals surface area contributed by atoms with Gasteiger partial charge in [0.15, 0.2) is 0 Å². The Morgan fingerprint density at radius 1 is 1.41 bits per heavy atom. The number of aliphatic hydroxyl groups is 1. The monoisotopic (exact) mass is 376 g/mol. The van der Waals surface area contributed by atoms with Crippen LogP contribution in [0.15, 0.2) is 12.7 Å². The summed E-state index contributed by atoms with van der Waals surface area (Å²) in [5.74, 6) is -0.324. The number of carbonyl (C=O) groups excluding carboxylic acids is 2. The van der Waals surface area contributed by atoms with Crippen LogP contribution in [-0.2, 0) is 24.2 Å². The van der Waals surface area contributed by atoms with Crippen LogP contribution in [0.3, 0.4) is 0 Å². The van der Waals surface area contributed by atoms with Crippen molar-refractivity contribution in [2.75, 3.05) is 20.1 Å². The molecule has 0 aliphatic carbocycles. The molecular weight excluding hydrogens is 348 g/mol. The standard InChI is InChI=1S/C19H28N4O4/c1-6-15(24)12-9-21(5)17(25)16-13-11-22(18(26)27-19(2,3)4)8-7-14(13)20-23(16)10-12/h6,12,15,24H,1,7-11H2,2-5H3/t12-,15-/m0/s1. The predicted octanol–water partition coefficient (Wildman–Crippen LogP) is 1.42. The molecule has 2 amide bonds. The third-order valence-corrected chi connectivity index (χ3v) is 4.94. The van der Waals surface area contributed by atoms with Gasteiger partial charge in [0.05, 0.1) is 18.3 Å². The van der Waals surface area contributed by atoms with Crippen LogP contribution in [0.5, 0.6) is 0 Å². The van der Waals surface area contributed by atoms with Gasteiger partial charge in [0, 0.05) is 44.6 Å². The fraction of sp³-hybridized carbons (Fsp3) is 0.632. The zero-order valence-electron chi connectivity index (χ0n) is 16.4. The molecular formula is C19H28N4O4. The van der Waals surface area contributed by atoms with E-state index in [0.29, 0.717) is 38.3 Å². The number of hydrogen-bond acceptors (Lipinski definition) is 5. The van der Waals surface area contributed by atoms with Gasteiger partial charge in [-0.25, -0.2) is 4.79 Å². The molecule has 1 aromatic heterocycles. The van der Waals surface area contributed by atoms with Gasteiger partial charge < -0.3 is 19.6 Å². The number of carbonyl (C=O) groups is 2. The average molecular weight is 376 g/mol. The number of hydrogen-bond donors (Lipinski definition) is 1. The van der Waals surface area contributed by atoms with Crippen LogP contribution in [0.2, 0.25) is 0 Å². The maximum atomic E-state index is 13.0. The number of nitrogens with zero attached hydrogens (tertiary/aromatic N) is 4. The van der Waals surface area contributed by atoms with Crippen LogP contribution in [0.25, 0.3) is 0 Å². The summed E-state index contributed by atoms with van der Waals surface area (Å²) in [6, 6.07) is 0. The first-order chi connectivity index (χ1) is 12.6. The quantitative estimate of drug-likeness (QED) is 0.789. The SMILES string of the molecule is C=C[C@H](O)[C@H]1CN(C)C(=O)c2c3c(nn2C1)CCN(C(=O)OC(C)(C)C)C3.